The van der Waals surface area contributed by atoms with Crippen molar-refractivity contribution in [2.24, 2.45) is 0 Å². The molecule has 0 amide bonds. The Morgan fingerprint density at radius 1 is 0.952 bits per heavy atom. The first-order valence-electron chi connectivity index (χ1n) is 7.31. The minimum Gasteiger partial charge on any atom is -0.491 e. The Bertz CT molecular complexity index is 544. The molecule has 0 unspecified atom stereocenters. The van der Waals surface area contributed by atoms with Crippen molar-refractivity contribution >= 4 is 11.4 Å². The maximum atomic E-state index is 5.64. The van der Waals surface area contributed by atoms with Gasteiger partial charge >= 0.3 is 0 Å². The molecule has 0 aliphatic rings. The van der Waals surface area contributed by atoms with Crippen LogP contribution in [0.25, 0.3) is 0 Å². The molecule has 0 bridgehead atoms. The van der Waals surface area contributed by atoms with Gasteiger partial charge in [-0.05, 0) is 55.8 Å². The highest BCUT2D eigenvalue weighted by Crippen LogP contribution is 2.18. The summed E-state index contributed by atoms with van der Waals surface area (Å²) in [6.07, 6.45) is 0.207. The van der Waals surface area contributed by atoms with Gasteiger partial charge in [0.05, 0.1) is 6.10 Å². The Labute approximate surface area is 127 Å². The van der Waals surface area contributed by atoms with Crippen molar-refractivity contribution in [1.29, 1.82) is 0 Å². The number of benzene rings is 2. The Balaban J connectivity index is 1.90. The summed E-state index contributed by atoms with van der Waals surface area (Å²) in [5, 5.41) is 3.42. The molecule has 0 aliphatic carbocycles. The van der Waals surface area contributed by atoms with E-state index in [9.17, 15) is 0 Å². The predicted octanol–water partition coefficient (Wildman–Crippen LogP) is 4.15. The van der Waals surface area contributed by atoms with Crippen molar-refractivity contribution in [2.75, 3.05) is 24.3 Å². The minimum absolute atomic E-state index is 0.207. The molecule has 0 aliphatic heterocycles. The molecule has 0 saturated carbocycles. The van der Waals surface area contributed by atoms with E-state index in [1.807, 2.05) is 52.2 Å². The second kappa shape index (κ2) is 7.02. The van der Waals surface area contributed by atoms with Crippen LogP contribution in [0.1, 0.15) is 19.4 Å². The van der Waals surface area contributed by atoms with Gasteiger partial charge in [-0.3, -0.25) is 0 Å². The lowest BCUT2D eigenvalue weighted by molar-refractivity contribution is 0.242. The van der Waals surface area contributed by atoms with Gasteiger partial charge in [-0.25, -0.2) is 0 Å². The zero-order chi connectivity index (χ0) is 15.2. The van der Waals surface area contributed by atoms with Crippen molar-refractivity contribution in [3.63, 3.8) is 0 Å². The highest BCUT2D eigenvalue weighted by molar-refractivity contribution is 5.49. The second-order valence-electron chi connectivity index (χ2n) is 5.61. The van der Waals surface area contributed by atoms with Gasteiger partial charge in [0.25, 0.3) is 0 Å². The first-order valence-corrected chi connectivity index (χ1v) is 7.31. The van der Waals surface area contributed by atoms with Crippen LogP contribution in [-0.4, -0.2) is 20.2 Å². The van der Waals surface area contributed by atoms with E-state index >= 15 is 0 Å². The maximum Gasteiger partial charge on any atom is 0.119 e. The third-order valence-corrected chi connectivity index (χ3v) is 3.18. The summed E-state index contributed by atoms with van der Waals surface area (Å²) in [5.41, 5.74) is 3.58. The van der Waals surface area contributed by atoms with E-state index in [0.29, 0.717) is 0 Å². The number of hydrogen-bond donors (Lipinski definition) is 1. The lowest BCUT2D eigenvalue weighted by Gasteiger charge is -2.13. The molecule has 2 rings (SSSR count). The molecule has 0 saturated heterocycles. The molecule has 2 aromatic rings. The van der Waals surface area contributed by atoms with E-state index in [4.69, 9.17) is 4.74 Å². The normalized spacial score (nSPS) is 10.5. The SMILES string of the molecule is CC(C)Oc1ccc(NCc2ccc(N(C)C)cc2)cc1. The Hall–Kier alpha value is -2.16. The number of nitrogens with zero attached hydrogens (tertiary/aromatic N) is 1. The van der Waals surface area contributed by atoms with Gasteiger partial charge in [-0.1, -0.05) is 12.1 Å². The van der Waals surface area contributed by atoms with Crippen LogP contribution in [0, 0.1) is 0 Å². The highest BCUT2D eigenvalue weighted by atomic mass is 16.5. The zero-order valence-corrected chi connectivity index (χ0v) is 13.3. The summed E-state index contributed by atoms with van der Waals surface area (Å²) in [6.45, 7) is 4.88. The third kappa shape index (κ3) is 4.71. The van der Waals surface area contributed by atoms with Crippen LogP contribution in [0.3, 0.4) is 0 Å². The van der Waals surface area contributed by atoms with E-state index in [2.05, 4.69) is 34.5 Å². The topological polar surface area (TPSA) is 24.5 Å². The standard InChI is InChI=1S/C18H24N2O/c1-14(2)21-18-11-7-16(8-12-18)19-13-15-5-9-17(10-6-15)20(3)4/h5-12,14,19H,13H2,1-4H3. The van der Waals surface area contributed by atoms with E-state index in [-0.39, 0.29) is 6.10 Å². The van der Waals surface area contributed by atoms with Gasteiger partial charge in [0.2, 0.25) is 0 Å². The van der Waals surface area contributed by atoms with Gasteiger partial charge in [-0.2, -0.15) is 0 Å². The van der Waals surface area contributed by atoms with E-state index in [1.54, 1.807) is 0 Å². The maximum absolute atomic E-state index is 5.64. The Morgan fingerprint density at radius 2 is 1.57 bits per heavy atom. The lowest BCUT2D eigenvalue weighted by Crippen LogP contribution is -2.08. The van der Waals surface area contributed by atoms with Crippen molar-refractivity contribution in [3.05, 3.63) is 54.1 Å². The van der Waals surface area contributed by atoms with Crippen molar-refractivity contribution in [3.8, 4) is 5.75 Å². The fraction of sp³-hybridized carbons (Fsp3) is 0.333. The minimum atomic E-state index is 0.207. The molecular formula is C18H24N2O. The zero-order valence-electron chi connectivity index (χ0n) is 13.3. The Morgan fingerprint density at radius 3 is 2.10 bits per heavy atom. The molecule has 112 valence electrons. The van der Waals surface area contributed by atoms with Crippen LogP contribution >= 0.6 is 0 Å². The van der Waals surface area contributed by atoms with Crippen LogP contribution in [0.5, 0.6) is 5.75 Å². The summed E-state index contributed by atoms with van der Waals surface area (Å²) >= 11 is 0. The molecule has 0 heterocycles. The predicted molar refractivity (Wildman–Crippen MR) is 90.3 cm³/mol. The third-order valence-electron chi connectivity index (χ3n) is 3.18. The molecule has 2 aromatic carbocycles. The van der Waals surface area contributed by atoms with E-state index < -0.39 is 0 Å². The van der Waals surface area contributed by atoms with Gasteiger partial charge in [-0.15, -0.1) is 0 Å². The van der Waals surface area contributed by atoms with Crippen molar-refractivity contribution in [2.45, 2.75) is 26.5 Å². The van der Waals surface area contributed by atoms with Crippen molar-refractivity contribution < 1.29 is 4.74 Å². The van der Waals surface area contributed by atoms with Gasteiger partial charge < -0.3 is 15.0 Å². The van der Waals surface area contributed by atoms with Crippen molar-refractivity contribution in [1.82, 2.24) is 0 Å². The molecule has 0 atom stereocenters. The molecule has 0 aromatic heterocycles. The van der Waals surface area contributed by atoms with Crippen LogP contribution in [0.15, 0.2) is 48.5 Å². The molecular weight excluding hydrogens is 260 g/mol. The molecule has 0 fully saturated rings. The largest absolute Gasteiger partial charge is 0.491 e. The summed E-state index contributed by atoms with van der Waals surface area (Å²) in [7, 11) is 4.10. The average molecular weight is 284 g/mol. The number of ether oxygens (including phenoxy) is 1. The van der Waals surface area contributed by atoms with Crippen LogP contribution < -0.4 is 15.0 Å². The molecule has 0 radical (unpaired) electrons. The van der Waals surface area contributed by atoms with Gasteiger partial charge in [0.15, 0.2) is 0 Å². The first-order chi connectivity index (χ1) is 10.0. The summed E-state index contributed by atoms with van der Waals surface area (Å²) in [6, 6.07) is 16.7. The fourth-order valence-electron chi connectivity index (χ4n) is 2.04. The monoisotopic (exact) mass is 284 g/mol. The number of anilines is 2. The molecule has 1 N–H and O–H groups in total. The van der Waals surface area contributed by atoms with Gasteiger partial charge in [0.1, 0.15) is 5.75 Å². The molecule has 3 heteroatoms. The number of rotatable bonds is 6. The average Bonchev–Trinajstić information content (AvgIpc) is 2.46. The summed E-state index contributed by atoms with van der Waals surface area (Å²) in [5.74, 6) is 0.908. The van der Waals surface area contributed by atoms with Crippen LogP contribution in [0.4, 0.5) is 11.4 Å². The van der Waals surface area contributed by atoms with Gasteiger partial charge in [0, 0.05) is 32.0 Å². The summed E-state index contributed by atoms with van der Waals surface area (Å²) < 4.78 is 5.64. The smallest absolute Gasteiger partial charge is 0.119 e. The quantitative estimate of drug-likeness (QED) is 0.862. The molecule has 0 spiro atoms. The fourth-order valence-corrected chi connectivity index (χ4v) is 2.04. The lowest BCUT2D eigenvalue weighted by atomic mass is 10.2. The van der Waals surface area contributed by atoms with Crippen LogP contribution in [0.2, 0.25) is 0 Å². The molecule has 3 nitrogen and oxygen atoms in total. The van der Waals surface area contributed by atoms with E-state index in [1.165, 1.54) is 11.3 Å². The second-order valence-corrected chi connectivity index (χ2v) is 5.61. The van der Waals surface area contributed by atoms with Crippen LogP contribution in [-0.2, 0) is 6.54 Å². The molecule has 21 heavy (non-hydrogen) atoms. The van der Waals surface area contributed by atoms with E-state index in [0.717, 1.165) is 18.0 Å². The first kappa shape index (κ1) is 15.2. The summed E-state index contributed by atoms with van der Waals surface area (Å²) in [4.78, 5) is 2.10. The number of nitrogens with one attached hydrogen (secondary N) is 1. The Kier molecular flexibility index (Phi) is 5.09. The number of hydrogen-bond acceptors (Lipinski definition) is 3. The highest BCUT2D eigenvalue weighted by Gasteiger charge is 1.99.